The Balaban J connectivity index is 1.62. The van der Waals surface area contributed by atoms with Crippen LogP contribution in [0.4, 0.5) is 5.82 Å². The number of hydrogen-bond donors (Lipinski definition) is 2. The van der Waals surface area contributed by atoms with E-state index in [9.17, 15) is 9.90 Å². The summed E-state index contributed by atoms with van der Waals surface area (Å²) in [5.74, 6) is 0.345. The van der Waals surface area contributed by atoms with E-state index >= 15 is 0 Å². The van der Waals surface area contributed by atoms with E-state index in [-0.39, 0.29) is 13.0 Å². The lowest BCUT2D eigenvalue weighted by molar-refractivity contribution is -0.107. The molecule has 9 nitrogen and oxygen atoms in total. The molecule has 0 aliphatic rings. The van der Waals surface area contributed by atoms with E-state index in [0.717, 1.165) is 28.7 Å². The quantitative estimate of drug-likeness (QED) is 0.374. The zero-order valence-corrected chi connectivity index (χ0v) is 17.7. The zero-order chi connectivity index (χ0) is 22.8. The number of aliphatic hydroxyl groups excluding tert-OH is 1. The second-order valence-corrected chi connectivity index (χ2v) is 7.50. The SMILES string of the molecule is Nc1c(CC=O)c(-c2cnn(CCO)c2)nc2c(-c3ccc(-c4ccccc4)nc3)cnn12. The van der Waals surface area contributed by atoms with Gasteiger partial charge in [-0.1, -0.05) is 36.4 Å². The molecular formula is C24H21N7O2. The number of aromatic nitrogens is 6. The van der Waals surface area contributed by atoms with Crippen LogP contribution in [-0.4, -0.2) is 47.4 Å². The Bertz CT molecular complexity index is 1420. The number of carbonyl (C=O) groups is 1. The number of nitrogen functional groups attached to an aromatic ring is 1. The Morgan fingerprint density at radius 3 is 2.55 bits per heavy atom. The molecule has 0 unspecified atom stereocenters. The maximum absolute atomic E-state index is 11.4. The third kappa shape index (κ3) is 3.74. The molecule has 0 fully saturated rings. The van der Waals surface area contributed by atoms with E-state index in [1.54, 1.807) is 34.0 Å². The van der Waals surface area contributed by atoms with Crippen LogP contribution in [0.3, 0.4) is 0 Å². The molecule has 0 saturated carbocycles. The van der Waals surface area contributed by atoms with Crippen molar-refractivity contribution in [3.63, 3.8) is 0 Å². The summed E-state index contributed by atoms with van der Waals surface area (Å²) in [5.41, 5.74) is 12.3. The fourth-order valence-corrected chi connectivity index (χ4v) is 3.82. The van der Waals surface area contributed by atoms with Crippen molar-refractivity contribution >= 4 is 17.8 Å². The lowest BCUT2D eigenvalue weighted by Crippen LogP contribution is -2.08. The van der Waals surface area contributed by atoms with Gasteiger partial charge in [0, 0.05) is 46.6 Å². The van der Waals surface area contributed by atoms with Crippen LogP contribution in [0.25, 0.3) is 39.3 Å². The van der Waals surface area contributed by atoms with Gasteiger partial charge < -0.3 is 15.6 Å². The fraction of sp³-hybridized carbons (Fsp3) is 0.125. The van der Waals surface area contributed by atoms with Gasteiger partial charge in [-0.15, -0.1) is 0 Å². The molecule has 0 radical (unpaired) electrons. The van der Waals surface area contributed by atoms with Crippen LogP contribution in [0.15, 0.2) is 67.3 Å². The van der Waals surface area contributed by atoms with Crippen molar-refractivity contribution in [2.75, 3.05) is 12.3 Å². The second kappa shape index (κ2) is 8.64. The maximum Gasteiger partial charge on any atom is 0.165 e. The Kier molecular flexibility index (Phi) is 5.37. The van der Waals surface area contributed by atoms with Gasteiger partial charge in [-0.05, 0) is 6.07 Å². The second-order valence-electron chi connectivity index (χ2n) is 7.50. The third-order valence-electron chi connectivity index (χ3n) is 5.45. The van der Waals surface area contributed by atoms with Crippen molar-refractivity contribution in [3.8, 4) is 33.6 Å². The van der Waals surface area contributed by atoms with E-state index in [0.29, 0.717) is 34.8 Å². The molecule has 4 aromatic heterocycles. The van der Waals surface area contributed by atoms with Crippen molar-refractivity contribution in [1.82, 2.24) is 29.4 Å². The number of aldehydes is 1. The molecule has 4 heterocycles. The minimum absolute atomic E-state index is 0.0321. The number of fused-ring (bicyclic) bond motifs is 1. The highest BCUT2D eigenvalue weighted by atomic mass is 16.3. The van der Waals surface area contributed by atoms with Gasteiger partial charge in [-0.2, -0.15) is 14.7 Å². The highest BCUT2D eigenvalue weighted by molar-refractivity contribution is 5.83. The summed E-state index contributed by atoms with van der Waals surface area (Å²) in [7, 11) is 0. The van der Waals surface area contributed by atoms with E-state index in [1.165, 1.54) is 0 Å². The number of benzene rings is 1. The first-order valence-electron chi connectivity index (χ1n) is 10.4. The van der Waals surface area contributed by atoms with Crippen molar-refractivity contribution in [3.05, 3.63) is 72.8 Å². The number of pyridine rings is 1. The molecule has 0 saturated heterocycles. The standard InChI is InChI=1S/C24H21N7O2/c25-23-19(8-10-32)22(18-13-27-30(15-18)9-11-33)29-24-20(14-28-31(23)24)17-6-7-21(26-12-17)16-4-2-1-3-5-16/h1-7,10,12-15,33H,8-9,11,25H2. The minimum atomic E-state index is -0.0321. The van der Waals surface area contributed by atoms with Crippen LogP contribution in [0.2, 0.25) is 0 Å². The fourth-order valence-electron chi connectivity index (χ4n) is 3.82. The molecule has 9 heteroatoms. The Morgan fingerprint density at radius 1 is 0.970 bits per heavy atom. The predicted octanol–water partition coefficient (Wildman–Crippen LogP) is 2.64. The lowest BCUT2D eigenvalue weighted by Gasteiger charge is -2.11. The Labute approximate surface area is 189 Å². The molecule has 0 spiro atoms. The molecule has 3 N–H and O–H groups in total. The van der Waals surface area contributed by atoms with Crippen LogP contribution in [0.5, 0.6) is 0 Å². The Hall–Kier alpha value is -4.37. The molecular weight excluding hydrogens is 418 g/mol. The first-order valence-corrected chi connectivity index (χ1v) is 10.4. The van der Waals surface area contributed by atoms with Crippen LogP contribution in [-0.2, 0) is 17.8 Å². The summed E-state index contributed by atoms with van der Waals surface area (Å²) in [6, 6.07) is 13.9. The summed E-state index contributed by atoms with van der Waals surface area (Å²) in [5, 5.41) is 17.9. The minimum Gasteiger partial charge on any atom is -0.394 e. The first kappa shape index (κ1) is 20.5. The average Bonchev–Trinajstić information content (AvgIpc) is 3.49. The number of anilines is 1. The summed E-state index contributed by atoms with van der Waals surface area (Å²) in [6.07, 6.45) is 7.79. The Morgan fingerprint density at radius 2 is 1.82 bits per heavy atom. The molecule has 1 aromatic carbocycles. The summed E-state index contributed by atoms with van der Waals surface area (Å²) in [6.45, 7) is 0.327. The van der Waals surface area contributed by atoms with E-state index < -0.39 is 0 Å². The summed E-state index contributed by atoms with van der Waals surface area (Å²) in [4.78, 5) is 20.8. The maximum atomic E-state index is 11.4. The highest BCUT2D eigenvalue weighted by Gasteiger charge is 2.19. The molecule has 0 aliphatic carbocycles. The molecule has 0 bridgehead atoms. The van der Waals surface area contributed by atoms with Crippen LogP contribution < -0.4 is 5.73 Å². The van der Waals surface area contributed by atoms with Crippen LogP contribution in [0.1, 0.15) is 5.56 Å². The van der Waals surface area contributed by atoms with Gasteiger partial charge in [0.1, 0.15) is 12.1 Å². The smallest absolute Gasteiger partial charge is 0.165 e. The third-order valence-corrected chi connectivity index (χ3v) is 5.45. The van der Waals surface area contributed by atoms with Gasteiger partial charge in [-0.3, -0.25) is 9.67 Å². The van der Waals surface area contributed by atoms with Crippen molar-refractivity contribution < 1.29 is 9.90 Å². The normalized spacial score (nSPS) is 11.2. The van der Waals surface area contributed by atoms with Crippen LogP contribution in [0, 0.1) is 0 Å². The molecule has 33 heavy (non-hydrogen) atoms. The molecule has 164 valence electrons. The number of rotatable bonds is 7. The first-order chi connectivity index (χ1) is 16.2. The van der Waals surface area contributed by atoms with E-state index in [1.807, 2.05) is 42.5 Å². The van der Waals surface area contributed by atoms with E-state index in [4.69, 9.17) is 10.7 Å². The molecule has 0 aliphatic heterocycles. The molecule has 5 aromatic rings. The topological polar surface area (TPSA) is 124 Å². The number of hydrogen-bond acceptors (Lipinski definition) is 7. The van der Waals surface area contributed by atoms with Gasteiger partial charge in [0.2, 0.25) is 0 Å². The van der Waals surface area contributed by atoms with Gasteiger partial charge in [0.05, 0.1) is 36.9 Å². The summed E-state index contributed by atoms with van der Waals surface area (Å²) >= 11 is 0. The molecule has 0 amide bonds. The molecule has 0 atom stereocenters. The zero-order valence-electron chi connectivity index (χ0n) is 17.7. The van der Waals surface area contributed by atoms with E-state index in [2.05, 4.69) is 15.2 Å². The van der Waals surface area contributed by atoms with Gasteiger partial charge >= 0.3 is 0 Å². The van der Waals surface area contributed by atoms with Crippen LogP contribution >= 0.6 is 0 Å². The summed E-state index contributed by atoms with van der Waals surface area (Å²) < 4.78 is 3.16. The number of nitrogens with zero attached hydrogens (tertiary/aromatic N) is 6. The lowest BCUT2D eigenvalue weighted by atomic mass is 10.1. The average molecular weight is 439 g/mol. The van der Waals surface area contributed by atoms with Crippen molar-refractivity contribution in [1.29, 1.82) is 0 Å². The largest absolute Gasteiger partial charge is 0.394 e. The molecule has 5 rings (SSSR count). The van der Waals surface area contributed by atoms with Crippen molar-refractivity contribution in [2.45, 2.75) is 13.0 Å². The van der Waals surface area contributed by atoms with Gasteiger partial charge in [0.15, 0.2) is 5.65 Å². The number of aliphatic hydroxyl groups is 1. The predicted molar refractivity (Wildman–Crippen MR) is 124 cm³/mol. The van der Waals surface area contributed by atoms with Gasteiger partial charge in [-0.25, -0.2) is 4.98 Å². The highest BCUT2D eigenvalue weighted by Crippen LogP contribution is 2.32. The number of carbonyl (C=O) groups excluding carboxylic acids is 1. The monoisotopic (exact) mass is 439 g/mol. The number of nitrogens with two attached hydrogens (primary N) is 1. The van der Waals surface area contributed by atoms with Gasteiger partial charge in [0.25, 0.3) is 0 Å². The van der Waals surface area contributed by atoms with Crippen molar-refractivity contribution in [2.24, 2.45) is 0 Å².